The molecule has 2 aliphatic heterocycles. The van der Waals surface area contributed by atoms with Gasteiger partial charge in [-0.15, -0.1) is 0 Å². The maximum Gasteiger partial charge on any atom is 0.270 e. The molecule has 1 saturated heterocycles. The summed E-state index contributed by atoms with van der Waals surface area (Å²) in [7, 11) is 1.67. The van der Waals surface area contributed by atoms with Crippen LogP contribution in [0.5, 0.6) is 0 Å². The molecule has 0 aliphatic carbocycles. The quantitative estimate of drug-likeness (QED) is 0.632. The molecule has 1 aromatic heterocycles. The van der Waals surface area contributed by atoms with E-state index in [1.807, 2.05) is 0 Å². The van der Waals surface area contributed by atoms with Crippen LogP contribution in [-0.2, 0) is 22.5 Å². The lowest BCUT2D eigenvalue weighted by molar-refractivity contribution is -0.132. The van der Waals surface area contributed by atoms with Gasteiger partial charge in [0, 0.05) is 59.4 Å². The Labute approximate surface area is 188 Å². The second-order valence-corrected chi connectivity index (χ2v) is 8.38. The maximum absolute atomic E-state index is 12.6. The van der Waals surface area contributed by atoms with E-state index in [2.05, 4.69) is 49.8 Å². The van der Waals surface area contributed by atoms with E-state index in [1.54, 1.807) is 25.0 Å². The Morgan fingerprint density at radius 1 is 1.22 bits per heavy atom. The van der Waals surface area contributed by atoms with E-state index < -0.39 is 0 Å². The van der Waals surface area contributed by atoms with Crippen molar-refractivity contribution in [3.05, 3.63) is 53.5 Å². The first-order chi connectivity index (χ1) is 15.5. The lowest BCUT2D eigenvalue weighted by atomic mass is 10.00. The highest BCUT2D eigenvalue weighted by Crippen LogP contribution is 2.19. The number of carbonyl (C=O) groups excluding carboxylic acids is 2. The normalized spacial score (nSPS) is 17.2. The van der Waals surface area contributed by atoms with Crippen molar-refractivity contribution in [1.29, 1.82) is 0 Å². The minimum absolute atomic E-state index is 0.0623. The minimum Gasteiger partial charge on any atom is -0.378 e. The minimum atomic E-state index is -0.263. The third-order valence-electron chi connectivity index (χ3n) is 6.07. The van der Waals surface area contributed by atoms with Crippen molar-refractivity contribution in [1.82, 2.24) is 25.1 Å². The van der Waals surface area contributed by atoms with Gasteiger partial charge in [-0.05, 0) is 17.5 Å². The summed E-state index contributed by atoms with van der Waals surface area (Å²) >= 11 is 0. The second kappa shape index (κ2) is 10.1. The number of carbonyl (C=O) groups is 2. The van der Waals surface area contributed by atoms with Gasteiger partial charge in [-0.25, -0.2) is 9.97 Å². The number of nitrogens with one attached hydrogen (secondary N) is 2. The number of aromatic nitrogens is 2. The van der Waals surface area contributed by atoms with Gasteiger partial charge in [0.25, 0.3) is 5.91 Å². The summed E-state index contributed by atoms with van der Waals surface area (Å²) in [5.41, 5.74) is 3.07. The predicted octanol–water partition coefficient (Wildman–Crippen LogP) is 0.922. The van der Waals surface area contributed by atoms with Gasteiger partial charge in [-0.1, -0.05) is 24.3 Å². The first kappa shape index (κ1) is 22.2. The van der Waals surface area contributed by atoms with Crippen molar-refractivity contribution in [3.8, 4) is 0 Å². The van der Waals surface area contributed by atoms with Gasteiger partial charge < -0.3 is 20.3 Å². The second-order valence-electron chi connectivity index (χ2n) is 8.38. The highest BCUT2D eigenvalue weighted by atomic mass is 16.5. The van der Waals surface area contributed by atoms with E-state index in [-0.39, 0.29) is 24.0 Å². The third-order valence-corrected chi connectivity index (χ3v) is 6.07. The number of likely N-dealkylation sites (tertiary alicyclic amines) is 1. The third kappa shape index (κ3) is 5.41. The molecule has 2 N–H and O–H groups in total. The molecule has 3 heterocycles. The average Bonchev–Trinajstić information content (AvgIpc) is 2.78. The molecular weight excluding hydrogens is 408 g/mol. The van der Waals surface area contributed by atoms with E-state index in [4.69, 9.17) is 4.74 Å². The van der Waals surface area contributed by atoms with Crippen LogP contribution in [0.4, 0.5) is 5.82 Å². The van der Waals surface area contributed by atoms with E-state index in [1.165, 1.54) is 17.5 Å². The van der Waals surface area contributed by atoms with Gasteiger partial charge in [0.2, 0.25) is 5.91 Å². The lowest BCUT2D eigenvalue weighted by Crippen LogP contribution is -2.56. The number of anilines is 1. The number of hydrogen-bond acceptors (Lipinski definition) is 7. The Bertz CT molecular complexity index is 962. The van der Waals surface area contributed by atoms with Crippen LogP contribution in [0.25, 0.3) is 0 Å². The van der Waals surface area contributed by atoms with Crippen molar-refractivity contribution in [3.63, 3.8) is 0 Å². The monoisotopic (exact) mass is 438 g/mol. The fourth-order valence-electron chi connectivity index (χ4n) is 4.11. The molecule has 0 saturated carbocycles. The van der Waals surface area contributed by atoms with Crippen LogP contribution >= 0.6 is 0 Å². The van der Waals surface area contributed by atoms with Gasteiger partial charge in [-0.3, -0.25) is 14.5 Å². The molecule has 0 spiro atoms. The number of methoxy groups -OCH3 is 1. The molecule has 2 aromatic rings. The number of rotatable bonds is 8. The number of hydrogen-bond donors (Lipinski definition) is 2. The van der Waals surface area contributed by atoms with Gasteiger partial charge in [-0.2, -0.15) is 0 Å². The van der Waals surface area contributed by atoms with E-state index in [0.717, 1.165) is 26.1 Å². The highest BCUT2D eigenvalue weighted by Gasteiger charge is 2.28. The van der Waals surface area contributed by atoms with Gasteiger partial charge in [0.15, 0.2) is 0 Å². The molecule has 2 amide bonds. The van der Waals surface area contributed by atoms with Crippen LogP contribution in [0.2, 0.25) is 0 Å². The zero-order valence-corrected chi connectivity index (χ0v) is 18.6. The Morgan fingerprint density at radius 3 is 2.75 bits per heavy atom. The smallest absolute Gasteiger partial charge is 0.270 e. The van der Waals surface area contributed by atoms with Crippen molar-refractivity contribution < 1.29 is 14.3 Å². The Morgan fingerprint density at radius 2 is 2.00 bits per heavy atom. The number of ether oxygens (including phenoxy) is 1. The van der Waals surface area contributed by atoms with Crippen molar-refractivity contribution in [2.24, 2.45) is 0 Å². The molecule has 1 fully saturated rings. The zero-order chi connectivity index (χ0) is 22.5. The van der Waals surface area contributed by atoms with Gasteiger partial charge >= 0.3 is 0 Å². The van der Waals surface area contributed by atoms with Crippen LogP contribution in [0, 0.1) is 0 Å². The van der Waals surface area contributed by atoms with Crippen LogP contribution in [-0.4, -0.2) is 83.6 Å². The molecule has 1 unspecified atom stereocenters. The van der Waals surface area contributed by atoms with E-state index in [9.17, 15) is 9.59 Å². The molecule has 2 aliphatic rings. The molecule has 32 heavy (non-hydrogen) atoms. The average molecular weight is 439 g/mol. The summed E-state index contributed by atoms with van der Waals surface area (Å²) in [5, 5.41) is 6.17. The van der Waals surface area contributed by atoms with Gasteiger partial charge in [0.1, 0.15) is 17.8 Å². The van der Waals surface area contributed by atoms with Crippen molar-refractivity contribution in [2.75, 3.05) is 45.2 Å². The van der Waals surface area contributed by atoms with Gasteiger partial charge in [0.05, 0.1) is 12.1 Å². The summed E-state index contributed by atoms with van der Waals surface area (Å²) in [6.45, 7) is 5.85. The van der Waals surface area contributed by atoms with Crippen LogP contribution in [0.15, 0.2) is 36.7 Å². The topological polar surface area (TPSA) is 99.7 Å². The number of benzene rings is 1. The lowest BCUT2D eigenvalue weighted by Gasteiger charge is -2.39. The van der Waals surface area contributed by atoms with Crippen molar-refractivity contribution >= 4 is 17.6 Å². The molecule has 0 radical (unpaired) electrons. The van der Waals surface area contributed by atoms with Crippen LogP contribution in [0.3, 0.4) is 0 Å². The highest BCUT2D eigenvalue weighted by molar-refractivity contribution is 5.92. The first-order valence-corrected chi connectivity index (χ1v) is 11.0. The number of fused-ring (bicyclic) bond motifs is 1. The van der Waals surface area contributed by atoms with E-state index >= 15 is 0 Å². The molecule has 9 heteroatoms. The van der Waals surface area contributed by atoms with Crippen LogP contribution < -0.4 is 10.6 Å². The van der Waals surface area contributed by atoms with Crippen LogP contribution in [0.1, 0.15) is 28.5 Å². The Balaban J connectivity index is 1.26. The summed E-state index contributed by atoms with van der Waals surface area (Å²) < 4.78 is 5.62. The molecular formula is C23H30N6O3. The number of amides is 2. The molecule has 1 aromatic carbocycles. The predicted molar refractivity (Wildman–Crippen MR) is 120 cm³/mol. The Hall–Kier alpha value is -3.04. The largest absolute Gasteiger partial charge is 0.378 e. The van der Waals surface area contributed by atoms with Crippen molar-refractivity contribution in [2.45, 2.75) is 32.0 Å². The summed E-state index contributed by atoms with van der Waals surface area (Å²) in [4.78, 5) is 36.3. The summed E-state index contributed by atoms with van der Waals surface area (Å²) in [6.07, 6.45) is 2.29. The summed E-state index contributed by atoms with van der Waals surface area (Å²) in [6, 6.07) is 10.3. The fraction of sp³-hybridized carbons (Fsp3) is 0.478. The maximum atomic E-state index is 12.6. The Kier molecular flexibility index (Phi) is 6.96. The summed E-state index contributed by atoms with van der Waals surface area (Å²) in [5.74, 6) is 0.376. The van der Waals surface area contributed by atoms with E-state index in [0.29, 0.717) is 31.1 Å². The molecule has 9 nitrogen and oxygen atoms in total. The first-order valence-electron chi connectivity index (χ1n) is 11.0. The fourth-order valence-corrected chi connectivity index (χ4v) is 4.11. The SMILES string of the molecule is COC(CNC(=O)c1cc(NC2CN(C(C)=O)C2)ncn1)CN1CCc2ccccc2C1. The number of nitrogens with zero attached hydrogens (tertiary/aromatic N) is 4. The standard InChI is InChI=1S/C23H30N6O3/c1-16(30)29-12-19(13-29)27-22-9-21(25-15-26-22)23(31)24-10-20(32-2)14-28-8-7-17-5-3-4-6-18(17)11-28/h3-6,9,15,19-20H,7-8,10-14H2,1-2H3,(H,24,31)(H,25,26,27). The molecule has 4 rings (SSSR count). The molecule has 170 valence electrons. The molecule has 1 atom stereocenters. The zero-order valence-electron chi connectivity index (χ0n) is 18.6. The molecule has 0 bridgehead atoms.